The Bertz CT molecular complexity index is 1210. The molecule has 3 aromatic rings. The summed E-state index contributed by atoms with van der Waals surface area (Å²) in [7, 11) is 0. The molecule has 1 aliphatic rings. The zero-order valence-corrected chi connectivity index (χ0v) is 19.6. The number of hydrazine groups is 1. The number of nitrogens with zero attached hydrogens (tertiary/aromatic N) is 2. The molecule has 0 aliphatic carbocycles. The van der Waals surface area contributed by atoms with Crippen LogP contribution in [-0.2, 0) is 0 Å². The summed E-state index contributed by atoms with van der Waals surface area (Å²) in [4.78, 5) is 17.3. The van der Waals surface area contributed by atoms with Gasteiger partial charge in [-0.15, -0.1) is 0 Å². The Morgan fingerprint density at radius 1 is 0.971 bits per heavy atom. The molecule has 1 saturated heterocycles. The van der Waals surface area contributed by atoms with Crippen LogP contribution in [-0.4, -0.2) is 30.3 Å². The van der Waals surface area contributed by atoms with Gasteiger partial charge in [0.1, 0.15) is 12.2 Å². The molecule has 0 saturated carbocycles. The van der Waals surface area contributed by atoms with Gasteiger partial charge >= 0.3 is 6.18 Å². The van der Waals surface area contributed by atoms with E-state index >= 15 is 0 Å². The standard InChI is InChI=1S/C24H20Cl2F3N5O/c25-16-11-9-15(10-12-16)22(35)32-23(30-18-6-4-5-17(26)13-18)31-21-14-20(24(27,28)29)33-34(21)19-7-2-1-3-8-19/h1-13,20-21,33H,14H2,(H2,30,31,32,35). The van der Waals surface area contributed by atoms with Gasteiger partial charge in [-0.05, 0) is 54.6 Å². The Hall–Kier alpha value is -3.27. The summed E-state index contributed by atoms with van der Waals surface area (Å²) in [5, 5.41) is 7.84. The number of nitrogens with one attached hydrogen (secondary N) is 3. The molecule has 182 valence electrons. The summed E-state index contributed by atoms with van der Waals surface area (Å²) in [5.74, 6) is -0.553. The van der Waals surface area contributed by atoms with Crippen LogP contribution in [0.15, 0.2) is 83.9 Å². The van der Waals surface area contributed by atoms with E-state index < -0.39 is 24.3 Å². The van der Waals surface area contributed by atoms with Crippen LogP contribution in [0.4, 0.5) is 24.5 Å². The van der Waals surface area contributed by atoms with Crippen LogP contribution in [0.2, 0.25) is 10.0 Å². The number of guanidine groups is 1. The number of para-hydroxylation sites is 1. The van der Waals surface area contributed by atoms with E-state index in [4.69, 9.17) is 23.2 Å². The molecule has 2 atom stereocenters. The normalized spacial score (nSPS) is 18.4. The number of hydrogen-bond acceptors (Lipinski definition) is 4. The summed E-state index contributed by atoms with van der Waals surface area (Å²) < 4.78 is 40.7. The molecule has 2 unspecified atom stereocenters. The number of carbonyl (C=O) groups is 1. The average molecular weight is 522 g/mol. The minimum Gasteiger partial charge on any atom is -0.326 e. The van der Waals surface area contributed by atoms with Crippen LogP contribution in [0.25, 0.3) is 0 Å². The lowest BCUT2D eigenvalue weighted by atomic mass is 10.2. The highest BCUT2D eigenvalue weighted by molar-refractivity contribution is 6.31. The number of amides is 1. The van der Waals surface area contributed by atoms with E-state index in [-0.39, 0.29) is 12.4 Å². The molecule has 1 amide bonds. The number of carbonyl (C=O) groups excluding carboxylic acids is 1. The molecular formula is C24H20Cl2F3N5O. The van der Waals surface area contributed by atoms with E-state index in [1.54, 1.807) is 66.7 Å². The van der Waals surface area contributed by atoms with Gasteiger partial charge in [0.25, 0.3) is 5.91 Å². The molecule has 0 radical (unpaired) electrons. The van der Waals surface area contributed by atoms with Gasteiger partial charge in [0.05, 0.1) is 5.69 Å². The summed E-state index contributed by atoms with van der Waals surface area (Å²) >= 11 is 12.0. The number of anilines is 2. The topological polar surface area (TPSA) is 68.8 Å². The van der Waals surface area contributed by atoms with Crippen LogP contribution in [0.1, 0.15) is 16.8 Å². The van der Waals surface area contributed by atoms with Crippen LogP contribution >= 0.6 is 23.2 Å². The fourth-order valence-corrected chi connectivity index (χ4v) is 3.82. The molecule has 35 heavy (non-hydrogen) atoms. The van der Waals surface area contributed by atoms with Gasteiger partial charge < -0.3 is 5.32 Å². The highest BCUT2D eigenvalue weighted by Crippen LogP contribution is 2.32. The van der Waals surface area contributed by atoms with Crippen molar-refractivity contribution < 1.29 is 18.0 Å². The predicted molar refractivity (Wildman–Crippen MR) is 132 cm³/mol. The van der Waals surface area contributed by atoms with Crippen molar-refractivity contribution in [2.75, 3.05) is 10.3 Å². The molecule has 11 heteroatoms. The molecule has 0 spiro atoms. The molecule has 1 heterocycles. The first-order valence-electron chi connectivity index (χ1n) is 10.5. The maximum atomic E-state index is 13.6. The third-order valence-electron chi connectivity index (χ3n) is 5.17. The zero-order valence-electron chi connectivity index (χ0n) is 18.1. The molecule has 6 nitrogen and oxygen atoms in total. The lowest BCUT2D eigenvalue weighted by Crippen LogP contribution is -2.45. The van der Waals surface area contributed by atoms with Crippen molar-refractivity contribution >= 4 is 46.4 Å². The minimum atomic E-state index is -4.48. The number of halogens is 5. The molecule has 3 N–H and O–H groups in total. The predicted octanol–water partition coefficient (Wildman–Crippen LogP) is 5.86. The number of hydrogen-bond donors (Lipinski definition) is 3. The van der Waals surface area contributed by atoms with Crippen LogP contribution in [0, 0.1) is 0 Å². The fraction of sp³-hybridized carbons (Fsp3) is 0.167. The van der Waals surface area contributed by atoms with Gasteiger partial charge in [0, 0.05) is 27.7 Å². The molecule has 3 aromatic carbocycles. The maximum absolute atomic E-state index is 13.6. The van der Waals surface area contributed by atoms with Crippen LogP contribution in [0.3, 0.4) is 0 Å². The third-order valence-corrected chi connectivity index (χ3v) is 5.66. The monoisotopic (exact) mass is 521 g/mol. The Morgan fingerprint density at radius 3 is 2.34 bits per heavy atom. The second-order valence-corrected chi connectivity index (χ2v) is 8.59. The molecule has 1 fully saturated rings. The number of benzene rings is 3. The van der Waals surface area contributed by atoms with E-state index in [0.717, 1.165) is 0 Å². The first kappa shape index (κ1) is 24.8. The first-order valence-corrected chi connectivity index (χ1v) is 11.3. The van der Waals surface area contributed by atoms with Crippen molar-refractivity contribution in [2.45, 2.75) is 24.8 Å². The van der Waals surface area contributed by atoms with E-state index in [1.807, 2.05) is 0 Å². The van der Waals surface area contributed by atoms with Gasteiger partial charge in [-0.2, -0.15) is 13.2 Å². The quantitative estimate of drug-likeness (QED) is 0.297. The van der Waals surface area contributed by atoms with E-state index in [0.29, 0.717) is 27.0 Å². The molecule has 0 aromatic heterocycles. The van der Waals surface area contributed by atoms with E-state index in [2.05, 4.69) is 21.1 Å². The fourth-order valence-electron chi connectivity index (χ4n) is 3.50. The van der Waals surface area contributed by atoms with Crippen molar-refractivity contribution in [1.29, 1.82) is 0 Å². The van der Waals surface area contributed by atoms with Gasteiger partial charge in [0.2, 0.25) is 5.96 Å². The Morgan fingerprint density at radius 2 is 1.69 bits per heavy atom. The number of alkyl halides is 3. The van der Waals surface area contributed by atoms with Gasteiger partial charge in [-0.25, -0.2) is 10.4 Å². The highest BCUT2D eigenvalue weighted by atomic mass is 35.5. The molecule has 1 aliphatic heterocycles. The lowest BCUT2D eigenvalue weighted by Gasteiger charge is -2.25. The summed E-state index contributed by atoms with van der Waals surface area (Å²) in [6.45, 7) is 0. The summed E-state index contributed by atoms with van der Waals surface area (Å²) in [6.07, 6.45) is -5.82. The molecular weight excluding hydrogens is 502 g/mol. The number of aliphatic imine (C=N–C) groups is 1. The maximum Gasteiger partial charge on any atom is 0.405 e. The second-order valence-electron chi connectivity index (χ2n) is 7.72. The SMILES string of the molecule is O=C(NC(=NC1CC(C(F)(F)F)NN1c1ccccc1)Nc1cccc(Cl)c1)c1ccc(Cl)cc1. The molecule has 4 rings (SSSR count). The summed E-state index contributed by atoms with van der Waals surface area (Å²) in [6, 6.07) is 19.6. The Labute approximate surface area is 209 Å². The first-order chi connectivity index (χ1) is 16.7. The minimum absolute atomic E-state index is 0.0391. The Balaban J connectivity index is 1.67. The van der Waals surface area contributed by atoms with Crippen LogP contribution < -0.4 is 21.1 Å². The average Bonchev–Trinajstić information content (AvgIpc) is 3.24. The lowest BCUT2D eigenvalue weighted by molar-refractivity contribution is -0.152. The Kier molecular flexibility index (Phi) is 7.49. The van der Waals surface area contributed by atoms with Crippen LogP contribution in [0.5, 0.6) is 0 Å². The number of rotatable bonds is 4. The highest BCUT2D eigenvalue weighted by Gasteiger charge is 2.48. The largest absolute Gasteiger partial charge is 0.405 e. The van der Waals surface area contributed by atoms with Crippen molar-refractivity contribution in [1.82, 2.24) is 10.7 Å². The van der Waals surface area contributed by atoms with Gasteiger partial charge in [-0.1, -0.05) is 47.5 Å². The molecule has 0 bridgehead atoms. The summed E-state index contributed by atoms with van der Waals surface area (Å²) in [5.41, 5.74) is 3.79. The smallest absolute Gasteiger partial charge is 0.326 e. The van der Waals surface area contributed by atoms with E-state index in [1.165, 1.54) is 17.1 Å². The van der Waals surface area contributed by atoms with Crippen molar-refractivity contribution in [2.24, 2.45) is 4.99 Å². The van der Waals surface area contributed by atoms with Crippen molar-refractivity contribution in [3.05, 3.63) is 94.5 Å². The second kappa shape index (κ2) is 10.6. The van der Waals surface area contributed by atoms with Gasteiger partial charge in [0.15, 0.2) is 0 Å². The zero-order chi connectivity index (χ0) is 25.0. The van der Waals surface area contributed by atoms with Crippen molar-refractivity contribution in [3.8, 4) is 0 Å². The van der Waals surface area contributed by atoms with E-state index in [9.17, 15) is 18.0 Å². The van der Waals surface area contributed by atoms with Crippen molar-refractivity contribution in [3.63, 3.8) is 0 Å². The third kappa shape index (κ3) is 6.45. The van der Waals surface area contributed by atoms with Gasteiger partial charge in [-0.3, -0.25) is 15.1 Å².